The van der Waals surface area contributed by atoms with Gasteiger partial charge < -0.3 is 10.2 Å². The van der Waals surface area contributed by atoms with Crippen molar-refractivity contribution < 1.29 is 4.79 Å². The van der Waals surface area contributed by atoms with Gasteiger partial charge in [0.1, 0.15) is 0 Å². The third kappa shape index (κ3) is 5.40. The van der Waals surface area contributed by atoms with Crippen LogP contribution in [0.3, 0.4) is 0 Å². The normalized spacial score (nSPS) is 17.3. The van der Waals surface area contributed by atoms with E-state index in [4.69, 9.17) is 0 Å². The van der Waals surface area contributed by atoms with Crippen molar-refractivity contribution in [2.24, 2.45) is 0 Å². The number of piperidine rings is 1. The summed E-state index contributed by atoms with van der Waals surface area (Å²) in [6.07, 6.45) is 4.38. The second-order valence-electron chi connectivity index (χ2n) is 9.06. The molecule has 1 amide bonds. The Kier molecular flexibility index (Phi) is 6.63. The topological polar surface area (TPSA) is 61.4 Å². The lowest BCUT2D eigenvalue weighted by atomic mass is 10.0. The summed E-state index contributed by atoms with van der Waals surface area (Å²) in [6.45, 7) is 5.07. The van der Waals surface area contributed by atoms with Gasteiger partial charge in [0.2, 0.25) is 0 Å². The maximum Gasteiger partial charge on any atom is 0.251 e. The molecule has 3 aromatic rings. The van der Waals surface area contributed by atoms with Gasteiger partial charge in [-0.15, -0.1) is 10.2 Å². The monoisotopic (exact) mass is 441 g/mol. The van der Waals surface area contributed by atoms with Crippen LogP contribution in [0.4, 0.5) is 5.82 Å². The highest BCUT2D eigenvalue weighted by atomic mass is 16.1. The first-order valence-corrected chi connectivity index (χ1v) is 12.0. The molecule has 0 radical (unpaired) electrons. The largest absolute Gasteiger partial charge is 0.355 e. The van der Waals surface area contributed by atoms with Crippen molar-refractivity contribution in [3.05, 3.63) is 77.9 Å². The molecule has 5 rings (SSSR count). The number of carbonyl (C=O) groups excluding carboxylic acids is 1. The summed E-state index contributed by atoms with van der Waals surface area (Å²) in [6, 6.07) is 22.5. The molecule has 2 aliphatic rings. The summed E-state index contributed by atoms with van der Waals surface area (Å²) in [4.78, 5) is 17.7. The van der Waals surface area contributed by atoms with E-state index in [1.165, 1.54) is 18.4 Å². The van der Waals surface area contributed by atoms with E-state index >= 15 is 0 Å². The van der Waals surface area contributed by atoms with Crippen LogP contribution in [-0.4, -0.2) is 53.2 Å². The molecule has 1 N–H and O–H groups in total. The maximum atomic E-state index is 12.9. The third-order valence-electron chi connectivity index (χ3n) is 6.67. The van der Waals surface area contributed by atoms with Gasteiger partial charge in [-0.05, 0) is 55.5 Å². The molecular formula is C27H31N5O. The van der Waals surface area contributed by atoms with E-state index in [1.54, 1.807) is 0 Å². The number of hydrogen-bond acceptors (Lipinski definition) is 5. The van der Waals surface area contributed by atoms with Gasteiger partial charge in [0.05, 0.1) is 5.69 Å². The molecule has 0 spiro atoms. The van der Waals surface area contributed by atoms with Crippen LogP contribution in [0.2, 0.25) is 0 Å². The van der Waals surface area contributed by atoms with Gasteiger partial charge in [0, 0.05) is 49.9 Å². The molecular weight excluding hydrogens is 410 g/mol. The van der Waals surface area contributed by atoms with E-state index in [-0.39, 0.29) is 11.9 Å². The predicted octanol–water partition coefficient (Wildman–Crippen LogP) is 4.14. The van der Waals surface area contributed by atoms with E-state index in [9.17, 15) is 4.79 Å². The Labute approximate surface area is 195 Å². The van der Waals surface area contributed by atoms with Crippen molar-refractivity contribution in [3.63, 3.8) is 0 Å². The average Bonchev–Trinajstić information content (AvgIpc) is 3.41. The molecule has 0 bridgehead atoms. The second kappa shape index (κ2) is 10.1. The number of aromatic nitrogens is 2. The van der Waals surface area contributed by atoms with E-state index in [0.29, 0.717) is 5.56 Å². The SMILES string of the molecule is O=C(NC1CCN(Cc2ccccc2)CC1)c1cccc(-c2ccc(N3CCCC3)nn2)c1. The Morgan fingerprint density at radius 2 is 1.67 bits per heavy atom. The lowest BCUT2D eigenvalue weighted by Gasteiger charge is -2.32. The van der Waals surface area contributed by atoms with Crippen molar-refractivity contribution in [1.29, 1.82) is 0 Å². The molecule has 0 saturated carbocycles. The van der Waals surface area contributed by atoms with Crippen LogP contribution < -0.4 is 10.2 Å². The standard InChI is InChI=1S/C27H31N5O/c33-27(28-24-13-17-31(18-14-24)20-21-7-2-1-3-8-21)23-10-6-9-22(19-23)25-11-12-26(30-29-25)32-15-4-5-16-32/h1-3,6-12,19,24H,4-5,13-18,20H2,(H,28,33). The van der Waals surface area contributed by atoms with E-state index in [0.717, 1.165) is 62.6 Å². The highest BCUT2D eigenvalue weighted by Crippen LogP contribution is 2.22. The lowest BCUT2D eigenvalue weighted by molar-refractivity contribution is 0.0909. The molecule has 0 unspecified atom stereocenters. The Morgan fingerprint density at radius 3 is 2.39 bits per heavy atom. The molecule has 2 fully saturated rings. The average molecular weight is 442 g/mol. The van der Waals surface area contributed by atoms with Crippen molar-refractivity contribution in [2.45, 2.75) is 38.3 Å². The zero-order valence-electron chi connectivity index (χ0n) is 19.0. The van der Waals surface area contributed by atoms with Gasteiger partial charge >= 0.3 is 0 Å². The van der Waals surface area contributed by atoms with Crippen LogP contribution in [0.1, 0.15) is 41.6 Å². The third-order valence-corrected chi connectivity index (χ3v) is 6.67. The van der Waals surface area contributed by atoms with Crippen LogP contribution in [0.5, 0.6) is 0 Å². The second-order valence-corrected chi connectivity index (χ2v) is 9.06. The highest BCUT2D eigenvalue weighted by Gasteiger charge is 2.21. The van der Waals surface area contributed by atoms with Gasteiger partial charge in [-0.25, -0.2) is 0 Å². The number of anilines is 1. The lowest BCUT2D eigenvalue weighted by Crippen LogP contribution is -2.44. The van der Waals surface area contributed by atoms with Crippen molar-refractivity contribution >= 4 is 11.7 Å². The summed E-state index contributed by atoms with van der Waals surface area (Å²) in [5.74, 6) is 0.920. The first-order chi connectivity index (χ1) is 16.2. The van der Waals surface area contributed by atoms with E-state index < -0.39 is 0 Å². The number of hydrogen-bond donors (Lipinski definition) is 1. The molecule has 2 aromatic carbocycles. The molecule has 3 heterocycles. The van der Waals surface area contributed by atoms with Gasteiger partial charge in [0.15, 0.2) is 5.82 Å². The fourth-order valence-corrected chi connectivity index (χ4v) is 4.76. The quantitative estimate of drug-likeness (QED) is 0.623. The molecule has 6 nitrogen and oxygen atoms in total. The maximum absolute atomic E-state index is 12.9. The van der Waals surface area contributed by atoms with Crippen LogP contribution >= 0.6 is 0 Å². The minimum atomic E-state index is -0.0139. The Hall–Kier alpha value is -3.25. The highest BCUT2D eigenvalue weighted by molar-refractivity contribution is 5.95. The smallest absolute Gasteiger partial charge is 0.251 e. The minimum absolute atomic E-state index is 0.0139. The molecule has 6 heteroatoms. The first-order valence-electron chi connectivity index (χ1n) is 12.0. The van der Waals surface area contributed by atoms with Crippen LogP contribution in [0.15, 0.2) is 66.7 Å². The molecule has 33 heavy (non-hydrogen) atoms. The number of nitrogens with one attached hydrogen (secondary N) is 1. The molecule has 0 aliphatic carbocycles. The summed E-state index contributed by atoms with van der Waals surface area (Å²) in [7, 11) is 0. The van der Waals surface area contributed by atoms with Gasteiger partial charge in [0.25, 0.3) is 5.91 Å². The van der Waals surface area contributed by atoms with Crippen LogP contribution in [-0.2, 0) is 6.54 Å². The number of rotatable bonds is 6. The van der Waals surface area contributed by atoms with Crippen LogP contribution in [0, 0.1) is 0 Å². The molecule has 1 aromatic heterocycles. The Bertz CT molecular complexity index is 1060. The van der Waals surface area contributed by atoms with E-state index in [1.807, 2.05) is 36.4 Å². The number of nitrogens with zero attached hydrogens (tertiary/aromatic N) is 4. The fraction of sp³-hybridized carbons (Fsp3) is 0.370. The Morgan fingerprint density at radius 1 is 0.879 bits per heavy atom. The summed E-state index contributed by atoms with van der Waals surface area (Å²) in [5.41, 5.74) is 3.72. The van der Waals surface area contributed by atoms with Crippen molar-refractivity contribution in [2.75, 3.05) is 31.1 Å². The predicted molar refractivity (Wildman–Crippen MR) is 131 cm³/mol. The van der Waals surface area contributed by atoms with Crippen LogP contribution in [0.25, 0.3) is 11.3 Å². The zero-order chi connectivity index (χ0) is 22.5. The van der Waals surface area contributed by atoms with Gasteiger partial charge in [-0.3, -0.25) is 9.69 Å². The van der Waals surface area contributed by atoms with Crippen molar-refractivity contribution in [1.82, 2.24) is 20.4 Å². The number of amides is 1. The zero-order valence-corrected chi connectivity index (χ0v) is 19.0. The summed E-state index contributed by atoms with van der Waals surface area (Å²) < 4.78 is 0. The number of likely N-dealkylation sites (tertiary alicyclic amines) is 1. The number of benzene rings is 2. The van der Waals surface area contributed by atoms with Gasteiger partial charge in [-0.1, -0.05) is 42.5 Å². The Balaban J connectivity index is 1.17. The molecule has 2 saturated heterocycles. The van der Waals surface area contributed by atoms with Gasteiger partial charge in [-0.2, -0.15) is 0 Å². The molecule has 0 atom stereocenters. The van der Waals surface area contributed by atoms with Crippen molar-refractivity contribution in [3.8, 4) is 11.3 Å². The molecule has 170 valence electrons. The molecule has 2 aliphatic heterocycles. The van der Waals surface area contributed by atoms with E-state index in [2.05, 4.69) is 55.6 Å². The summed E-state index contributed by atoms with van der Waals surface area (Å²) >= 11 is 0. The first kappa shape index (κ1) is 21.6. The number of carbonyl (C=O) groups is 1. The fourth-order valence-electron chi connectivity index (χ4n) is 4.76. The summed E-state index contributed by atoms with van der Waals surface area (Å²) in [5, 5.41) is 12.1. The minimum Gasteiger partial charge on any atom is -0.355 e.